The minimum Gasteiger partial charge on any atom is -0.495 e. The van der Waals surface area contributed by atoms with Crippen molar-refractivity contribution in [3.63, 3.8) is 0 Å². The van der Waals surface area contributed by atoms with Gasteiger partial charge < -0.3 is 24.3 Å². The monoisotopic (exact) mass is 504 g/mol. The number of halogens is 1. The average molecular weight is 505 g/mol. The molecule has 2 aromatic heterocycles. The van der Waals surface area contributed by atoms with Crippen molar-refractivity contribution < 1.29 is 18.9 Å². The highest BCUT2D eigenvalue weighted by Gasteiger charge is 2.17. The van der Waals surface area contributed by atoms with Crippen LogP contribution in [0.3, 0.4) is 0 Å². The third-order valence-electron chi connectivity index (χ3n) is 5.62. The van der Waals surface area contributed by atoms with Crippen LogP contribution in [0.25, 0.3) is 10.9 Å². The molecule has 8 nitrogen and oxygen atoms in total. The molecular formula is C27H25ClN4O4. The average Bonchev–Trinajstić information content (AvgIpc) is 2.92. The van der Waals surface area contributed by atoms with E-state index in [9.17, 15) is 5.26 Å². The van der Waals surface area contributed by atoms with Crippen molar-refractivity contribution in [1.29, 1.82) is 5.26 Å². The highest BCUT2D eigenvalue weighted by molar-refractivity contribution is 6.32. The van der Waals surface area contributed by atoms with Crippen LogP contribution < -0.4 is 24.3 Å². The smallest absolute Gasteiger partial charge is 0.163 e. The second kappa shape index (κ2) is 11.5. The van der Waals surface area contributed by atoms with Gasteiger partial charge in [0.25, 0.3) is 0 Å². The van der Waals surface area contributed by atoms with Crippen molar-refractivity contribution in [3.05, 3.63) is 71.1 Å². The molecule has 0 radical (unpaired) electrons. The molecule has 0 saturated carbocycles. The van der Waals surface area contributed by atoms with Gasteiger partial charge in [-0.25, -0.2) is 0 Å². The van der Waals surface area contributed by atoms with E-state index in [1.807, 2.05) is 24.3 Å². The van der Waals surface area contributed by atoms with E-state index in [0.717, 1.165) is 12.8 Å². The second-order valence-electron chi connectivity index (χ2n) is 7.80. The summed E-state index contributed by atoms with van der Waals surface area (Å²) in [6, 6.07) is 13.2. The molecular weight excluding hydrogens is 480 g/mol. The number of pyridine rings is 2. The zero-order valence-electron chi connectivity index (χ0n) is 20.2. The Morgan fingerprint density at radius 3 is 2.39 bits per heavy atom. The summed E-state index contributed by atoms with van der Waals surface area (Å²) in [6.45, 7) is 0.507. The Bertz CT molecular complexity index is 1410. The van der Waals surface area contributed by atoms with E-state index in [0.29, 0.717) is 62.5 Å². The van der Waals surface area contributed by atoms with Crippen LogP contribution in [-0.4, -0.2) is 37.9 Å². The van der Waals surface area contributed by atoms with Crippen LogP contribution in [-0.2, 0) is 6.42 Å². The molecule has 2 heterocycles. The molecule has 2 aromatic carbocycles. The summed E-state index contributed by atoms with van der Waals surface area (Å²) in [7, 11) is 4.65. The Morgan fingerprint density at radius 2 is 1.69 bits per heavy atom. The molecule has 0 unspecified atom stereocenters. The molecule has 0 bridgehead atoms. The van der Waals surface area contributed by atoms with Gasteiger partial charge in [-0.1, -0.05) is 11.6 Å². The summed E-state index contributed by atoms with van der Waals surface area (Å²) in [5.74, 6) is 2.08. The molecule has 0 amide bonds. The van der Waals surface area contributed by atoms with Crippen molar-refractivity contribution in [2.75, 3.05) is 33.3 Å². The fraction of sp³-hybridized carbons (Fsp3) is 0.222. The van der Waals surface area contributed by atoms with Gasteiger partial charge in [-0.3, -0.25) is 9.97 Å². The number of aryl methyl sites for hydroxylation is 1. The summed E-state index contributed by atoms with van der Waals surface area (Å²) in [6.07, 6.45) is 6.79. The molecule has 0 atom stereocenters. The lowest BCUT2D eigenvalue weighted by Gasteiger charge is -2.17. The first-order chi connectivity index (χ1) is 17.6. The molecule has 9 heteroatoms. The Balaban J connectivity index is 1.66. The van der Waals surface area contributed by atoms with Crippen LogP contribution in [0.4, 0.5) is 11.4 Å². The Labute approximate surface area is 214 Å². The molecule has 0 aliphatic heterocycles. The van der Waals surface area contributed by atoms with Crippen LogP contribution in [0, 0.1) is 11.3 Å². The highest BCUT2D eigenvalue weighted by atomic mass is 35.5. The number of methoxy groups -OCH3 is 3. The molecule has 1 N–H and O–H groups in total. The molecule has 4 rings (SSSR count). The van der Waals surface area contributed by atoms with Gasteiger partial charge in [0, 0.05) is 42.2 Å². The quantitative estimate of drug-likeness (QED) is 0.265. The largest absolute Gasteiger partial charge is 0.495 e. The zero-order chi connectivity index (χ0) is 25.5. The van der Waals surface area contributed by atoms with Crippen LogP contribution in [0.5, 0.6) is 23.0 Å². The van der Waals surface area contributed by atoms with Crippen LogP contribution >= 0.6 is 11.6 Å². The number of hydrogen-bond acceptors (Lipinski definition) is 8. The lowest BCUT2D eigenvalue weighted by Crippen LogP contribution is -2.03. The fourth-order valence-corrected chi connectivity index (χ4v) is 4.02. The van der Waals surface area contributed by atoms with Crippen LogP contribution in [0.2, 0.25) is 5.02 Å². The first-order valence-electron chi connectivity index (χ1n) is 11.2. The summed E-state index contributed by atoms with van der Waals surface area (Å²) in [4.78, 5) is 8.52. The highest BCUT2D eigenvalue weighted by Crippen LogP contribution is 2.41. The molecule has 0 fully saturated rings. The number of rotatable bonds is 10. The number of nitrogens with zero attached hydrogens (tertiary/aromatic N) is 3. The first-order valence-corrected chi connectivity index (χ1v) is 11.6. The van der Waals surface area contributed by atoms with Crippen molar-refractivity contribution in [2.24, 2.45) is 0 Å². The van der Waals surface area contributed by atoms with E-state index in [1.54, 1.807) is 38.7 Å². The van der Waals surface area contributed by atoms with E-state index >= 15 is 0 Å². The lowest BCUT2D eigenvalue weighted by molar-refractivity contribution is 0.290. The number of benzene rings is 2. The molecule has 0 aliphatic rings. The summed E-state index contributed by atoms with van der Waals surface area (Å²) < 4.78 is 22.5. The molecule has 184 valence electrons. The van der Waals surface area contributed by atoms with Crippen molar-refractivity contribution in [1.82, 2.24) is 9.97 Å². The molecule has 0 spiro atoms. The number of hydrogen-bond donors (Lipinski definition) is 1. The predicted octanol–water partition coefficient (Wildman–Crippen LogP) is 5.94. The van der Waals surface area contributed by atoms with Gasteiger partial charge in [-0.2, -0.15) is 5.26 Å². The standard InChI is InChI=1S/C27H25ClN4O4/c1-33-23-14-22(24(34-2)12-20(23)28)32-27-18(15-29)16-31-21-13-26(25(35-3)11-19(21)27)36-10-4-5-17-6-8-30-9-7-17/h6-9,11-14,16H,4-5,10H2,1-3H3,(H,31,32). The molecule has 0 saturated heterocycles. The minimum atomic E-state index is 0.353. The maximum absolute atomic E-state index is 9.78. The summed E-state index contributed by atoms with van der Waals surface area (Å²) in [5, 5.41) is 14.2. The number of nitrogens with one attached hydrogen (secondary N) is 1. The van der Waals surface area contributed by atoms with Gasteiger partial charge in [-0.15, -0.1) is 0 Å². The van der Waals surface area contributed by atoms with E-state index in [4.69, 9.17) is 30.5 Å². The third kappa shape index (κ3) is 5.37. The minimum absolute atomic E-state index is 0.353. The van der Waals surface area contributed by atoms with Gasteiger partial charge >= 0.3 is 0 Å². The number of ether oxygens (including phenoxy) is 4. The maximum atomic E-state index is 9.78. The lowest BCUT2D eigenvalue weighted by atomic mass is 10.1. The Kier molecular flexibility index (Phi) is 7.93. The zero-order valence-corrected chi connectivity index (χ0v) is 20.9. The number of fused-ring (bicyclic) bond motifs is 1. The van der Waals surface area contributed by atoms with E-state index in [1.165, 1.54) is 18.9 Å². The molecule has 0 aliphatic carbocycles. The van der Waals surface area contributed by atoms with Gasteiger partial charge in [0.15, 0.2) is 11.5 Å². The van der Waals surface area contributed by atoms with Gasteiger partial charge in [-0.05, 0) is 36.6 Å². The Hall–Kier alpha value is -4.22. The number of aromatic nitrogens is 2. The number of anilines is 2. The first kappa shape index (κ1) is 24.9. The van der Waals surface area contributed by atoms with Crippen molar-refractivity contribution >= 4 is 33.9 Å². The van der Waals surface area contributed by atoms with Crippen molar-refractivity contribution in [2.45, 2.75) is 12.8 Å². The predicted molar refractivity (Wildman–Crippen MR) is 139 cm³/mol. The normalized spacial score (nSPS) is 10.5. The van der Waals surface area contributed by atoms with Gasteiger partial charge in [0.2, 0.25) is 0 Å². The molecule has 4 aromatic rings. The topological polar surface area (TPSA) is 98.5 Å². The van der Waals surface area contributed by atoms with E-state index in [-0.39, 0.29) is 0 Å². The fourth-order valence-electron chi connectivity index (χ4n) is 3.79. The molecule has 36 heavy (non-hydrogen) atoms. The number of nitriles is 1. The third-order valence-corrected chi connectivity index (χ3v) is 5.92. The van der Waals surface area contributed by atoms with Gasteiger partial charge in [0.05, 0.1) is 55.4 Å². The summed E-state index contributed by atoms with van der Waals surface area (Å²) >= 11 is 6.25. The van der Waals surface area contributed by atoms with E-state index < -0.39 is 0 Å². The van der Waals surface area contributed by atoms with Crippen LogP contribution in [0.15, 0.2) is 55.0 Å². The SMILES string of the molecule is COc1cc(Nc2c(C#N)cnc3cc(OCCCc4ccncc4)c(OC)cc23)c(OC)cc1Cl. The maximum Gasteiger partial charge on any atom is 0.163 e. The Morgan fingerprint density at radius 1 is 0.944 bits per heavy atom. The van der Waals surface area contributed by atoms with Crippen molar-refractivity contribution in [3.8, 4) is 29.1 Å². The summed E-state index contributed by atoms with van der Waals surface area (Å²) in [5.41, 5.74) is 3.33. The second-order valence-corrected chi connectivity index (χ2v) is 8.21. The van der Waals surface area contributed by atoms with Gasteiger partial charge in [0.1, 0.15) is 17.6 Å². The van der Waals surface area contributed by atoms with E-state index in [2.05, 4.69) is 21.4 Å². The van der Waals surface area contributed by atoms with Crippen LogP contribution in [0.1, 0.15) is 17.5 Å².